The molecule has 1 heterocycles. The highest BCUT2D eigenvalue weighted by atomic mass is 16.3. The van der Waals surface area contributed by atoms with Crippen molar-refractivity contribution >= 4 is 5.91 Å². The van der Waals surface area contributed by atoms with E-state index in [1.165, 1.54) is 0 Å². The number of amides is 1. The fraction of sp³-hybridized carbons (Fsp3) is 0.923. The Hall–Kier alpha value is -0.610. The number of hydrogen-bond acceptors (Lipinski definition) is 3. The van der Waals surface area contributed by atoms with E-state index in [0.29, 0.717) is 0 Å². The van der Waals surface area contributed by atoms with Gasteiger partial charge in [-0.25, -0.2) is 0 Å². The maximum absolute atomic E-state index is 12.1. The Labute approximate surface area is 104 Å². The van der Waals surface area contributed by atoms with Gasteiger partial charge in [-0.2, -0.15) is 0 Å². The number of aliphatic hydroxyl groups excluding tert-OH is 1. The minimum Gasteiger partial charge on any atom is -0.394 e. The van der Waals surface area contributed by atoms with Crippen molar-refractivity contribution in [1.82, 2.24) is 9.80 Å². The lowest BCUT2D eigenvalue weighted by Crippen LogP contribution is -2.60. The van der Waals surface area contributed by atoms with Crippen LogP contribution in [0.5, 0.6) is 0 Å². The summed E-state index contributed by atoms with van der Waals surface area (Å²) in [4.78, 5) is 16.3. The standard InChI is InChI=1S/C13H24N2O2/c1-13(2,3)14-6-7-15(11(8-14)9-16)12(17)10-4-5-10/h10-11,16H,4-9H2,1-3H3. The summed E-state index contributed by atoms with van der Waals surface area (Å²) in [6.07, 6.45) is 2.08. The first-order valence-electron chi connectivity index (χ1n) is 6.60. The normalized spacial score (nSPS) is 27.3. The van der Waals surface area contributed by atoms with Gasteiger partial charge in [-0.1, -0.05) is 0 Å². The van der Waals surface area contributed by atoms with Gasteiger partial charge in [0.2, 0.25) is 5.91 Å². The molecule has 4 nitrogen and oxygen atoms in total. The van der Waals surface area contributed by atoms with Crippen LogP contribution in [-0.4, -0.2) is 58.6 Å². The van der Waals surface area contributed by atoms with E-state index in [1.54, 1.807) is 0 Å². The van der Waals surface area contributed by atoms with Crippen LogP contribution in [0, 0.1) is 5.92 Å². The van der Waals surface area contributed by atoms with Crippen LogP contribution >= 0.6 is 0 Å². The summed E-state index contributed by atoms with van der Waals surface area (Å²) < 4.78 is 0. The second-order valence-corrected chi connectivity index (χ2v) is 6.26. The van der Waals surface area contributed by atoms with Crippen LogP contribution in [0.25, 0.3) is 0 Å². The molecule has 1 N–H and O–H groups in total. The van der Waals surface area contributed by atoms with E-state index in [2.05, 4.69) is 25.7 Å². The van der Waals surface area contributed by atoms with Gasteiger partial charge < -0.3 is 10.0 Å². The quantitative estimate of drug-likeness (QED) is 0.773. The van der Waals surface area contributed by atoms with Crippen LogP contribution in [0.15, 0.2) is 0 Å². The highest BCUT2D eigenvalue weighted by Gasteiger charge is 2.39. The fourth-order valence-electron chi connectivity index (χ4n) is 2.48. The SMILES string of the molecule is CC(C)(C)N1CCN(C(=O)C2CC2)C(CO)C1. The predicted molar refractivity (Wildman–Crippen MR) is 66.6 cm³/mol. The number of piperazine rings is 1. The maximum Gasteiger partial charge on any atom is 0.226 e. The van der Waals surface area contributed by atoms with E-state index in [1.807, 2.05) is 4.90 Å². The van der Waals surface area contributed by atoms with Crippen LogP contribution in [-0.2, 0) is 4.79 Å². The molecule has 0 radical (unpaired) electrons. The Morgan fingerprint density at radius 2 is 1.94 bits per heavy atom. The molecule has 1 aliphatic carbocycles. The molecule has 1 atom stereocenters. The molecular weight excluding hydrogens is 216 g/mol. The lowest BCUT2D eigenvalue weighted by molar-refractivity contribution is -0.140. The molecular formula is C13H24N2O2. The zero-order valence-corrected chi connectivity index (χ0v) is 11.1. The number of carbonyl (C=O) groups excluding carboxylic acids is 1. The molecule has 1 saturated heterocycles. The average Bonchev–Trinajstić information content (AvgIpc) is 3.09. The van der Waals surface area contributed by atoms with E-state index in [4.69, 9.17) is 0 Å². The Kier molecular flexibility index (Phi) is 3.46. The van der Waals surface area contributed by atoms with Gasteiger partial charge in [-0.3, -0.25) is 9.69 Å². The largest absolute Gasteiger partial charge is 0.394 e. The zero-order chi connectivity index (χ0) is 12.6. The van der Waals surface area contributed by atoms with Crippen molar-refractivity contribution in [3.63, 3.8) is 0 Å². The van der Waals surface area contributed by atoms with Gasteiger partial charge >= 0.3 is 0 Å². The Bertz CT molecular complexity index is 294. The molecule has 0 aromatic rings. The number of aliphatic hydroxyl groups is 1. The second-order valence-electron chi connectivity index (χ2n) is 6.26. The Balaban J connectivity index is 2.00. The molecule has 0 aromatic heterocycles. The zero-order valence-electron chi connectivity index (χ0n) is 11.1. The third-order valence-electron chi connectivity index (χ3n) is 3.85. The highest BCUT2D eigenvalue weighted by Crippen LogP contribution is 2.32. The molecule has 2 aliphatic rings. The van der Waals surface area contributed by atoms with Crippen molar-refractivity contribution in [2.75, 3.05) is 26.2 Å². The number of carbonyl (C=O) groups is 1. The molecule has 1 unspecified atom stereocenters. The summed E-state index contributed by atoms with van der Waals surface area (Å²) in [5.74, 6) is 0.517. The average molecular weight is 240 g/mol. The number of rotatable bonds is 2. The van der Waals surface area contributed by atoms with Crippen molar-refractivity contribution in [3.05, 3.63) is 0 Å². The van der Waals surface area contributed by atoms with E-state index in [-0.39, 0.29) is 30.0 Å². The topological polar surface area (TPSA) is 43.8 Å². The first-order chi connectivity index (χ1) is 7.93. The summed E-state index contributed by atoms with van der Waals surface area (Å²) in [6.45, 7) is 9.08. The molecule has 1 saturated carbocycles. The summed E-state index contributed by atoms with van der Waals surface area (Å²) in [7, 11) is 0. The van der Waals surface area contributed by atoms with Gasteiger partial charge in [-0.15, -0.1) is 0 Å². The second kappa shape index (κ2) is 4.58. The molecule has 17 heavy (non-hydrogen) atoms. The summed E-state index contributed by atoms with van der Waals surface area (Å²) in [5.41, 5.74) is 0.113. The predicted octanol–water partition coefficient (Wildman–Crippen LogP) is 0.700. The molecule has 1 aliphatic heterocycles. The van der Waals surface area contributed by atoms with Gasteiger partial charge in [0, 0.05) is 31.1 Å². The molecule has 4 heteroatoms. The van der Waals surface area contributed by atoms with Crippen LogP contribution in [0.3, 0.4) is 0 Å². The molecule has 0 spiro atoms. The van der Waals surface area contributed by atoms with E-state index in [9.17, 15) is 9.90 Å². The fourth-order valence-corrected chi connectivity index (χ4v) is 2.48. The summed E-state index contributed by atoms with van der Waals surface area (Å²) in [5, 5.41) is 9.48. The monoisotopic (exact) mass is 240 g/mol. The van der Waals surface area contributed by atoms with Gasteiger partial charge in [0.25, 0.3) is 0 Å². The molecule has 0 bridgehead atoms. The van der Waals surface area contributed by atoms with Crippen molar-refractivity contribution < 1.29 is 9.90 Å². The number of nitrogens with zero attached hydrogens (tertiary/aromatic N) is 2. The van der Waals surface area contributed by atoms with Gasteiger partial charge in [0.1, 0.15) is 0 Å². The van der Waals surface area contributed by atoms with Crippen LogP contribution in [0.2, 0.25) is 0 Å². The van der Waals surface area contributed by atoms with Gasteiger partial charge in [0.05, 0.1) is 12.6 Å². The van der Waals surface area contributed by atoms with E-state index >= 15 is 0 Å². The van der Waals surface area contributed by atoms with Gasteiger partial charge in [0.15, 0.2) is 0 Å². The van der Waals surface area contributed by atoms with Crippen molar-refractivity contribution in [1.29, 1.82) is 0 Å². The van der Waals surface area contributed by atoms with Crippen molar-refractivity contribution in [3.8, 4) is 0 Å². The first kappa shape index (κ1) is 12.8. The first-order valence-corrected chi connectivity index (χ1v) is 6.60. The minimum absolute atomic E-state index is 0.0175. The molecule has 2 rings (SSSR count). The minimum atomic E-state index is -0.0175. The smallest absolute Gasteiger partial charge is 0.226 e. The lowest BCUT2D eigenvalue weighted by atomic mass is 10.0. The maximum atomic E-state index is 12.1. The lowest BCUT2D eigenvalue weighted by Gasteiger charge is -2.46. The molecule has 2 fully saturated rings. The van der Waals surface area contributed by atoms with Crippen molar-refractivity contribution in [2.24, 2.45) is 5.92 Å². The third kappa shape index (κ3) is 2.80. The molecule has 98 valence electrons. The highest BCUT2D eigenvalue weighted by molar-refractivity contribution is 5.81. The summed E-state index contributed by atoms with van der Waals surface area (Å²) >= 11 is 0. The summed E-state index contributed by atoms with van der Waals surface area (Å²) in [6, 6.07) is -0.0175. The van der Waals surface area contributed by atoms with Gasteiger partial charge in [-0.05, 0) is 33.6 Å². The van der Waals surface area contributed by atoms with E-state index in [0.717, 1.165) is 32.5 Å². The van der Waals surface area contributed by atoms with Crippen LogP contribution in [0.1, 0.15) is 33.6 Å². The molecule has 0 aromatic carbocycles. The third-order valence-corrected chi connectivity index (χ3v) is 3.85. The number of hydrogen-bond donors (Lipinski definition) is 1. The van der Waals surface area contributed by atoms with Crippen LogP contribution in [0.4, 0.5) is 0 Å². The Morgan fingerprint density at radius 3 is 2.41 bits per heavy atom. The Morgan fingerprint density at radius 1 is 1.29 bits per heavy atom. The van der Waals surface area contributed by atoms with E-state index < -0.39 is 0 Å². The van der Waals surface area contributed by atoms with Crippen LogP contribution < -0.4 is 0 Å². The molecule has 1 amide bonds. The van der Waals surface area contributed by atoms with Crippen molar-refractivity contribution in [2.45, 2.75) is 45.2 Å².